The number of hydrogen-bond donors (Lipinski definition) is 1. The van der Waals surface area contributed by atoms with Crippen LogP contribution in [0.25, 0.3) is 11.1 Å². The molecule has 1 aromatic heterocycles. The van der Waals surface area contributed by atoms with Crippen LogP contribution in [0, 0.1) is 17.1 Å². The smallest absolute Gasteiger partial charge is 0.231 e. The molecule has 4 nitrogen and oxygen atoms in total. The first kappa shape index (κ1) is 18.5. The Hall–Kier alpha value is -2.88. The number of thiophene rings is 1. The molecule has 2 unspecified atom stereocenters. The Morgan fingerprint density at radius 1 is 1.11 bits per heavy atom. The number of nitriles is 1. The van der Waals surface area contributed by atoms with Crippen LogP contribution in [-0.4, -0.2) is 13.8 Å². The van der Waals surface area contributed by atoms with Gasteiger partial charge in [-0.05, 0) is 65.5 Å². The number of halogens is 1. The second-order valence-corrected chi connectivity index (χ2v) is 7.69. The molecule has 2 heterocycles. The summed E-state index contributed by atoms with van der Waals surface area (Å²) in [6.45, 7) is 2.42. The van der Waals surface area contributed by atoms with Gasteiger partial charge in [0.15, 0.2) is 11.5 Å². The van der Waals surface area contributed by atoms with Gasteiger partial charge in [0, 0.05) is 16.8 Å². The van der Waals surface area contributed by atoms with E-state index < -0.39 is 5.82 Å². The molecule has 0 aliphatic carbocycles. The largest absolute Gasteiger partial charge is 0.454 e. The third kappa shape index (κ3) is 3.47. The van der Waals surface area contributed by atoms with Crippen LogP contribution in [0.15, 0.2) is 47.8 Å². The van der Waals surface area contributed by atoms with Crippen molar-refractivity contribution in [3.05, 3.63) is 69.7 Å². The molecule has 1 aliphatic heterocycles. The van der Waals surface area contributed by atoms with E-state index in [1.165, 1.54) is 12.1 Å². The predicted octanol–water partition coefficient (Wildman–Crippen LogP) is 5.22. The van der Waals surface area contributed by atoms with Gasteiger partial charge in [0.05, 0.1) is 11.6 Å². The summed E-state index contributed by atoms with van der Waals surface area (Å²) in [5, 5.41) is 14.5. The van der Waals surface area contributed by atoms with E-state index in [4.69, 9.17) is 14.7 Å². The topological polar surface area (TPSA) is 54.3 Å². The van der Waals surface area contributed by atoms with Gasteiger partial charge in [0.25, 0.3) is 0 Å². The van der Waals surface area contributed by atoms with Crippen LogP contribution in [0.3, 0.4) is 0 Å². The predicted molar refractivity (Wildman–Crippen MR) is 107 cm³/mol. The molecular formula is C22H19FN2O2S. The van der Waals surface area contributed by atoms with Crippen molar-refractivity contribution < 1.29 is 13.9 Å². The van der Waals surface area contributed by atoms with Gasteiger partial charge < -0.3 is 14.8 Å². The highest BCUT2D eigenvalue weighted by molar-refractivity contribution is 7.10. The molecular weight excluding hydrogens is 375 g/mol. The average Bonchev–Trinajstić information content (AvgIpc) is 3.37. The van der Waals surface area contributed by atoms with Crippen molar-refractivity contribution in [2.75, 3.05) is 13.8 Å². The number of nitrogens with one attached hydrogen (secondary N) is 1. The van der Waals surface area contributed by atoms with Crippen molar-refractivity contribution in [1.29, 1.82) is 5.26 Å². The number of benzene rings is 2. The minimum Gasteiger partial charge on any atom is -0.454 e. The van der Waals surface area contributed by atoms with Gasteiger partial charge in [-0.15, -0.1) is 11.3 Å². The molecule has 0 amide bonds. The van der Waals surface area contributed by atoms with Crippen LogP contribution >= 0.6 is 11.3 Å². The lowest BCUT2D eigenvalue weighted by molar-refractivity contribution is 0.174. The molecule has 3 aromatic rings. The molecule has 4 rings (SSSR count). The van der Waals surface area contributed by atoms with Gasteiger partial charge in [0.2, 0.25) is 6.79 Å². The molecule has 0 saturated carbocycles. The van der Waals surface area contributed by atoms with Gasteiger partial charge in [-0.3, -0.25) is 0 Å². The van der Waals surface area contributed by atoms with E-state index in [9.17, 15) is 4.39 Å². The van der Waals surface area contributed by atoms with Crippen LogP contribution in [0.2, 0.25) is 0 Å². The molecule has 2 atom stereocenters. The van der Waals surface area contributed by atoms with Crippen molar-refractivity contribution in [2.45, 2.75) is 18.9 Å². The van der Waals surface area contributed by atoms with Gasteiger partial charge in [-0.2, -0.15) is 5.26 Å². The first-order chi connectivity index (χ1) is 13.6. The number of nitrogens with zero attached hydrogens (tertiary/aromatic N) is 1. The summed E-state index contributed by atoms with van der Waals surface area (Å²) in [7, 11) is 1.93. The van der Waals surface area contributed by atoms with Crippen molar-refractivity contribution in [2.24, 2.45) is 0 Å². The number of ether oxygens (including phenoxy) is 2. The average molecular weight is 394 g/mol. The Kier molecular flexibility index (Phi) is 5.03. The maximum absolute atomic E-state index is 13.8. The highest BCUT2D eigenvalue weighted by Crippen LogP contribution is 2.40. The second kappa shape index (κ2) is 7.63. The zero-order chi connectivity index (χ0) is 19.7. The molecule has 2 aromatic carbocycles. The molecule has 1 aliphatic rings. The molecule has 1 N–H and O–H groups in total. The third-order valence-electron chi connectivity index (χ3n) is 5.02. The van der Waals surface area contributed by atoms with Gasteiger partial charge in [-0.1, -0.05) is 13.0 Å². The maximum Gasteiger partial charge on any atom is 0.231 e. The van der Waals surface area contributed by atoms with E-state index in [1.54, 1.807) is 17.4 Å². The zero-order valence-electron chi connectivity index (χ0n) is 15.5. The Labute approximate surface area is 167 Å². The first-order valence-corrected chi connectivity index (χ1v) is 9.83. The highest BCUT2D eigenvalue weighted by Gasteiger charge is 2.23. The lowest BCUT2D eigenvalue weighted by Gasteiger charge is -2.23. The van der Waals surface area contributed by atoms with Crippen LogP contribution in [0.5, 0.6) is 11.5 Å². The number of hydrogen-bond acceptors (Lipinski definition) is 5. The van der Waals surface area contributed by atoms with E-state index in [0.29, 0.717) is 11.1 Å². The van der Waals surface area contributed by atoms with Gasteiger partial charge in [-0.25, -0.2) is 4.39 Å². The standard InChI is InChI=1S/C22H19FN2O2S/c1-13(15-3-4-19-20(8-15)27-12-26-19)22(25-2)21-9-17(11-28-21)16-5-14(10-24)6-18(23)7-16/h3-9,11,13,22,25H,12H2,1-2H3. The molecule has 0 bridgehead atoms. The Bertz CT molecular complexity index is 1060. The Balaban J connectivity index is 1.63. The Morgan fingerprint density at radius 3 is 2.71 bits per heavy atom. The van der Waals surface area contributed by atoms with E-state index in [-0.39, 0.29) is 18.8 Å². The van der Waals surface area contributed by atoms with E-state index >= 15 is 0 Å². The summed E-state index contributed by atoms with van der Waals surface area (Å²) in [4.78, 5) is 1.14. The molecule has 0 fully saturated rings. The van der Waals surface area contributed by atoms with Gasteiger partial charge >= 0.3 is 0 Å². The van der Waals surface area contributed by atoms with E-state index in [1.807, 2.05) is 30.6 Å². The minimum absolute atomic E-state index is 0.0862. The molecule has 0 saturated heterocycles. The monoisotopic (exact) mass is 394 g/mol. The summed E-state index contributed by atoms with van der Waals surface area (Å²) in [6, 6.07) is 14.6. The first-order valence-electron chi connectivity index (χ1n) is 8.95. The number of likely N-dealkylation sites (N-methyl/N-ethyl adjacent to an activating group) is 1. The van der Waals surface area contributed by atoms with E-state index in [2.05, 4.69) is 24.4 Å². The fraction of sp³-hybridized carbons (Fsp3) is 0.227. The van der Waals surface area contributed by atoms with E-state index in [0.717, 1.165) is 27.5 Å². The lowest BCUT2D eigenvalue weighted by atomic mass is 9.91. The summed E-state index contributed by atoms with van der Waals surface area (Å²) in [5.74, 6) is 1.33. The van der Waals surface area contributed by atoms with Crippen molar-refractivity contribution in [3.63, 3.8) is 0 Å². The molecule has 142 valence electrons. The number of fused-ring (bicyclic) bond motifs is 1. The molecule has 0 spiro atoms. The molecule has 6 heteroatoms. The van der Waals surface area contributed by atoms with Crippen LogP contribution in [0.4, 0.5) is 4.39 Å². The van der Waals surface area contributed by atoms with Crippen molar-refractivity contribution in [1.82, 2.24) is 5.32 Å². The van der Waals surface area contributed by atoms with Crippen LogP contribution < -0.4 is 14.8 Å². The quantitative estimate of drug-likeness (QED) is 0.645. The zero-order valence-corrected chi connectivity index (χ0v) is 16.3. The summed E-state index contributed by atoms with van der Waals surface area (Å²) in [5.41, 5.74) is 3.09. The third-order valence-corrected chi connectivity index (χ3v) is 6.04. The summed E-state index contributed by atoms with van der Waals surface area (Å²) >= 11 is 1.62. The second-order valence-electron chi connectivity index (χ2n) is 6.75. The van der Waals surface area contributed by atoms with Gasteiger partial charge in [0.1, 0.15) is 5.82 Å². The lowest BCUT2D eigenvalue weighted by Crippen LogP contribution is -2.21. The fourth-order valence-electron chi connectivity index (χ4n) is 3.52. The SMILES string of the molecule is CNC(c1cc(-c2cc(F)cc(C#N)c2)cs1)C(C)c1ccc2c(c1)OCO2. The summed E-state index contributed by atoms with van der Waals surface area (Å²) in [6.07, 6.45) is 0. The number of rotatable bonds is 5. The minimum atomic E-state index is -0.402. The normalized spacial score (nSPS) is 14.5. The highest BCUT2D eigenvalue weighted by atomic mass is 32.1. The van der Waals surface area contributed by atoms with Crippen molar-refractivity contribution in [3.8, 4) is 28.7 Å². The molecule has 28 heavy (non-hydrogen) atoms. The Morgan fingerprint density at radius 2 is 1.93 bits per heavy atom. The fourth-order valence-corrected chi connectivity index (χ4v) is 4.65. The summed E-state index contributed by atoms with van der Waals surface area (Å²) < 4.78 is 24.7. The van der Waals surface area contributed by atoms with Crippen LogP contribution in [-0.2, 0) is 0 Å². The molecule has 0 radical (unpaired) electrons. The van der Waals surface area contributed by atoms with Crippen molar-refractivity contribution >= 4 is 11.3 Å². The maximum atomic E-state index is 13.8. The van der Waals surface area contributed by atoms with Crippen LogP contribution in [0.1, 0.15) is 34.9 Å².